The van der Waals surface area contributed by atoms with Crippen LogP contribution >= 0.6 is 0 Å². The van der Waals surface area contributed by atoms with Gasteiger partial charge in [-0.25, -0.2) is 0 Å². The van der Waals surface area contributed by atoms with Crippen molar-refractivity contribution in [2.75, 3.05) is 12.3 Å². The van der Waals surface area contributed by atoms with Gasteiger partial charge >= 0.3 is 0 Å². The highest BCUT2D eigenvalue weighted by molar-refractivity contribution is 5.40. The average Bonchev–Trinajstić information content (AvgIpc) is 2.14. The first-order chi connectivity index (χ1) is 6.63. The van der Waals surface area contributed by atoms with Gasteiger partial charge in [-0.3, -0.25) is 4.90 Å². The third-order valence-corrected chi connectivity index (χ3v) is 2.47. The molecule has 1 aromatic carbocycles. The summed E-state index contributed by atoms with van der Waals surface area (Å²) < 4.78 is 0. The predicted molar refractivity (Wildman–Crippen MR) is 62.1 cm³/mol. The minimum atomic E-state index is 0.585. The van der Waals surface area contributed by atoms with E-state index < -0.39 is 0 Å². The quantitative estimate of drug-likeness (QED) is 0.743. The first-order valence-corrected chi connectivity index (χ1v) is 5.22. The molecule has 0 atom stereocenters. The molecule has 0 aromatic heterocycles. The van der Waals surface area contributed by atoms with Crippen molar-refractivity contribution in [3.8, 4) is 0 Å². The molecule has 14 heavy (non-hydrogen) atoms. The molecule has 2 nitrogen and oxygen atoms in total. The standard InChI is InChI=1S/C12H20N2/c1-4-14(10(2)3)9-11-6-5-7-12(13)8-11/h5-8,10H,4,9,13H2,1-3H3. The second-order valence-electron chi connectivity index (χ2n) is 3.90. The van der Waals surface area contributed by atoms with Crippen molar-refractivity contribution in [1.29, 1.82) is 0 Å². The Morgan fingerprint density at radius 1 is 1.36 bits per heavy atom. The molecule has 0 radical (unpaired) electrons. The van der Waals surface area contributed by atoms with E-state index in [1.54, 1.807) is 0 Å². The Morgan fingerprint density at radius 2 is 2.07 bits per heavy atom. The number of anilines is 1. The zero-order valence-corrected chi connectivity index (χ0v) is 9.33. The van der Waals surface area contributed by atoms with E-state index in [9.17, 15) is 0 Å². The second kappa shape index (κ2) is 5.01. The predicted octanol–water partition coefficient (Wildman–Crippen LogP) is 2.50. The van der Waals surface area contributed by atoms with Gasteiger partial charge in [0.15, 0.2) is 0 Å². The Labute approximate surface area is 86.7 Å². The van der Waals surface area contributed by atoms with E-state index in [0.717, 1.165) is 18.8 Å². The molecule has 0 spiro atoms. The molecule has 0 amide bonds. The smallest absolute Gasteiger partial charge is 0.0317 e. The zero-order valence-electron chi connectivity index (χ0n) is 9.33. The van der Waals surface area contributed by atoms with Crippen LogP contribution in [0.3, 0.4) is 0 Å². The maximum atomic E-state index is 5.73. The summed E-state index contributed by atoms with van der Waals surface area (Å²) in [5.74, 6) is 0. The minimum absolute atomic E-state index is 0.585. The van der Waals surface area contributed by atoms with Gasteiger partial charge in [-0.2, -0.15) is 0 Å². The second-order valence-corrected chi connectivity index (χ2v) is 3.90. The summed E-state index contributed by atoms with van der Waals surface area (Å²) in [5.41, 5.74) is 7.87. The van der Waals surface area contributed by atoms with Gasteiger partial charge in [-0.05, 0) is 38.1 Å². The first-order valence-electron chi connectivity index (χ1n) is 5.22. The molecule has 1 aromatic rings. The summed E-state index contributed by atoms with van der Waals surface area (Å²) in [4.78, 5) is 2.41. The van der Waals surface area contributed by atoms with Gasteiger partial charge in [0.1, 0.15) is 0 Å². The molecular weight excluding hydrogens is 172 g/mol. The van der Waals surface area contributed by atoms with Crippen molar-refractivity contribution in [1.82, 2.24) is 4.90 Å². The first kappa shape index (κ1) is 11.1. The minimum Gasteiger partial charge on any atom is -0.399 e. The van der Waals surface area contributed by atoms with Gasteiger partial charge < -0.3 is 5.73 Å². The molecule has 0 heterocycles. The molecule has 0 saturated heterocycles. The van der Waals surface area contributed by atoms with E-state index >= 15 is 0 Å². The molecule has 2 heteroatoms. The molecule has 0 bridgehead atoms. The third-order valence-electron chi connectivity index (χ3n) is 2.47. The molecule has 0 aliphatic heterocycles. The fourth-order valence-electron chi connectivity index (χ4n) is 1.59. The maximum absolute atomic E-state index is 5.73. The zero-order chi connectivity index (χ0) is 10.6. The van der Waals surface area contributed by atoms with Gasteiger partial charge in [0.05, 0.1) is 0 Å². The number of nitrogens with zero attached hydrogens (tertiary/aromatic N) is 1. The van der Waals surface area contributed by atoms with Crippen LogP contribution in [0.2, 0.25) is 0 Å². The molecule has 1 rings (SSSR count). The number of rotatable bonds is 4. The van der Waals surface area contributed by atoms with Crippen LogP contribution < -0.4 is 5.73 Å². The largest absolute Gasteiger partial charge is 0.399 e. The summed E-state index contributed by atoms with van der Waals surface area (Å²) in [7, 11) is 0. The molecule has 0 unspecified atom stereocenters. The van der Waals surface area contributed by atoms with Gasteiger partial charge in [0.25, 0.3) is 0 Å². The summed E-state index contributed by atoms with van der Waals surface area (Å²) >= 11 is 0. The molecular formula is C12H20N2. The van der Waals surface area contributed by atoms with Crippen LogP contribution in [0.1, 0.15) is 26.3 Å². The van der Waals surface area contributed by atoms with E-state index in [2.05, 4.69) is 31.7 Å². The number of nitrogen functional groups attached to an aromatic ring is 1. The summed E-state index contributed by atoms with van der Waals surface area (Å²) in [6, 6.07) is 8.70. The van der Waals surface area contributed by atoms with Crippen LogP contribution in [0, 0.1) is 0 Å². The fourth-order valence-corrected chi connectivity index (χ4v) is 1.59. The van der Waals surface area contributed by atoms with Gasteiger partial charge in [0.2, 0.25) is 0 Å². The van der Waals surface area contributed by atoms with Crippen LogP contribution in [0.15, 0.2) is 24.3 Å². The molecule has 78 valence electrons. The van der Waals surface area contributed by atoms with Crippen molar-refractivity contribution in [2.24, 2.45) is 0 Å². The van der Waals surface area contributed by atoms with Crippen molar-refractivity contribution in [3.63, 3.8) is 0 Å². The lowest BCUT2D eigenvalue weighted by Crippen LogP contribution is -2.29. The Balaban J connectivity index is 2.67. The van der Waals surface area contributed by atoms with E-state index in [4.69, 9.17) is 5.73 Å². The average molecular weight is 192 g/mol. The van der Waals surface area contributed by atoms with Gasteiger partial charge in [0, 0.05) is 18.3 Å². The highest BCUT2D eigenvalue weighted by Gasteiger charge is 2.07. The molecule has 0 fully saturated rings. The lowest BCUT2D eigenvalue weighted by Gasteiger charge is -2.24. The van der Waals surface area contributed by atoms with Crippen LogP contribution in [-0.2, 0) is 6.54 Å². The fraction of sp³-hybridized carbons (Fsp3) is 0.500. The van der Waals surface area contributed by atoms with Crippen LogP contribution in [0.4, 0.5) is 5.69 Å². The van der Waals surface area contributed by atoms with Crippen molar-refractivity contribution >= 4 is 5.69 Å². The van der Waals surface area contributed by atoms with Crippen molar-refractivity contribution in [3.05, 3.63) is 29.8 Å². The van der Waals surface area contributed by atoms with Gasteiger partial charge in [-0.15, -0.1) is 0 Å². The molecule has 0 aliphatic rings. The molecule has 0 aliphatic carbocycles. The Bertz CT molecular complexity index is 281. The van der Waals surface area contributed by atoms with E-state index in [1.807, 2.05) is 18.2 Å². The summed E-state index contributed by atoms with van der Waals surface area (Å²) in [6.07, 6.45) is 0. The summed E-state index contributed by atoms with van der Waals surface area (Å²) in [5, 5.41) is 0. The highest BCUT2D eigenvalue weighted by atomic mass is 15.1. The summed E-state index contributed by atoms with van der Waals surface area (Å²) in [6.45, 7) is 8.68. The van der Waals surface area contributed by atoms with Crippen LogP contribution in [0.25, 0.3) is 0 Å². The number of hydrogen-bond donors (Lipinski definition) is 1. The lowest BCUT2D eigenvalue weighted by atomic mass is 10.1. The van der Waals surface area contributed by atoms with Gasteiger partial charge in [-0.1, -0.05) is 19.1 Å². The lowest BCUT2D eigenvalue weighted by molar-refractivity contribution is 0.225. The molecule has 2 N–H and O–H groups in total. The van der Waals surface area contributed by atoms with E-state index in [1.165, 1.54) is 5.56 Å². The third kappa shape index (κ3) is 3.04. The highest BCUT2D eigenvalue weighted by Crippen LogP contribution is 2.11. The topological polar surface area (TPSA) is 29.3 Å². The van der Waals surface area contributed by atoms with E-state index in [0.29, 0.717) is 6.04 Å². The Morgan fingerprint density at radius 3 is 2.57 bits per heavy atom. The normalized spacial score (nSPS) is 11.2. The van der Waals surface area contributed by atoms with Crippen LogP contribution in [-0.4, -0.2) is 17.5 Å². The Hall–Kier alpha value is -1.02. The SMILES string of the molecule is CCN(Cc1cccc(N)c1)C(C)C. The van der Waals surface area contributed by atoms with Crippen molar-refractivity contribution in [2.45, 2.75) is 33.4 Å². The van der Waals surface area contributed by atoms with Crippen LogP contribution in [0.5, 0.6) is 0 Å². The number of nitrogens with two attached hydrogens (primary N) is 1. The maximum Gasteiger partial charge on any atom is 0.0317 e. The Kier molecular flexibility index (Phi) is 3.96. The van der Waals surface area contributed by atoms with E-state index in [-0.39, 0.29) is 0 Å². The monoisotopic (exact) mass is 192 g/mol. The van der Waals surface area contributed by atoms with Crippen molar-refractivity contribution < 1.29 is 0 Å². The number of hydrogen-bond acceptors (Lipinski definition) is 2. The molecule has 0 saturated carbocycles. The number of benzene rings is 1.